The van der Waals surface area contributed by atoms with Gasteiger partial charge in [0, 0.05) is 52.4 Å². The summed E-state index contributed by atoms with van der Waals surface area (Å²) in [5, 5.41) is 0. The van der Waals surface area contributed by atoms with Crippen molar-refractivity contribution in [2.75, 3.05) is 29.5 Å². The summed E-state index contributed by atoms with van der Waals surface area (Å²) < 4.78 is 11.4. The van der Waals surface area contributed by atoms with Crippen LogP contribution in [0.25, 0.3) is 0 Å². The molecule has 1 aliphatic rings. The van der Waals surface area contributed by atoms with Gasteiger partial charge in [-0.05, 0) is 17.7 Å². The Morgan fingerprint density at radius 1 is 1.32 bits per heavy atom. The zero-order valence-corrected chi connectivity index (χ0v) is 13.4. The van der Waals surface area contributed by atoms with Gasteiger partial charge in [-0.15, -0.1) is 11.6 Å². The van der Waals surface area contributed by atoms with E-state index in [1.54, 1.807) is 0 Å². The van der Waals surface area contributed by atoms with E-state index < -0.39 is 10.8 Å². The SMILES string of the molecule is CC(C)(C)c1cc(CCl)cc(N2CCS(=O)CC2)n1. The fraction of sp³-hybridized carbons (Fsp3) is 0.643. The van der Waals surface area contributed by atoms with Crippen LogP contribution in [0.1, 0.15) is 32.0 Å². The molecular formula is C14H21ClN2OS. The second-order valence-electron chi connectivity index (χ2n) is 5.94. The minimum atomic E-state index is -0.660. The van der Waals surface area contributed by atoms with E-state index in [-0.39, 0.29) is 5.41 Å². The first-order valence-corrected chi connectivity index (χ1v) is 8.60. The number of anilines is 1. The Labute approximate surface area is 122 Å². The molecule has 0 spiro atoms. The molecule has 1 aromatic heterocycles. The molecule has 19 heavy (non-hydrogen) atoms. The van der Waals surface area contributed by atoms with Gasteiger partial charge in [0.25, 0.3) is 0 Å². The molecule has 1 saturated heterocycles. The summed E-state index contributed by atoms with van der Waals surface area (Å²) in [7, 11) is -0.660. The highest BCUT2D eigenvalue weighted by Gasteiger charge is 2.21. The fourth-order valence-corrected chi connectivity index (χ4v) is 3.27. The zero-order chi connectivity index (χ0) is 14.0. The van der Waals surface area contributed by atoms with Crippen LogP contribution in [0, 0.1) is 0 Å². The molecule has 0 N–H and O–H groups in total. The summed E-state index contributed by atoms with van der Waals surface area (Å²) in [5.74, 6) is 2.94. The Kier molecular flexibility index (Phi) is 4.51. The molecule has 0 amide bonds. The Bertz CT molecular complexity index is 475. The molecule has 0 aromatic carbocycles. The van der Waals surface area contributed by atoms with Crippen LogP contribution in [0.4, 0.5) is 5.82 Å². The third kappa shape index (κ3) is 3.69. The van der Waals surface area contributed by atoms with Gasteiger partial charge in [-0.25, -0.2) is 4.98 Å². The van der Waals surface area contributed by atoms with Gasteiger partial charge in [0.15, 0.2) is 0 Å². The largest absolute Gasteiger partial charge is 0.355 e. The lowest BCUT2D eigenvalue weighted by atomic mass is 9.91. The van der Waals surface area contributed by atoms with Gasteiger partial charge in [-0.1, -0.05) is 20.8 Å². The molecule has 1 aromatic rings. The molecule has 0 aliphatic carbocycles. The second kappa shape index (κ2) is 5.80. The maximum atomic E-state index is 11.4. The normalized spacial score (nSPS) is 17.8. The summed E-state index contributed by atoms with van der Waals surface area (Å²) in [5.41, 5.74) is 2.17. The van der Waals surface area contributed by atoms with E-state index in [2.05, 4.69) is 37.8 Å². The van der Waals surface area contributed by atoms with Crippen molar-refractivity contribution in [3.8, 4) is 0 Å². The third-order valence-corrected chi connectivity index (χ3v) is 4.88. The van der Waals surface area contributed by atoms with Gasteiger partial charge in [0.05, 0.1) is 0 Å². The zero-order valence-electron chi connectivity index (χ0n) is 11.8. The van der Waals surface area contributed by atoms with Crippen molar-refractivity contribution >= 4 is 28.2 Å². The first-order valence-electron chi connectivity index (χ1n) is 6.57. The molecule has 0 saturated carbocycles. The van der Waals surface area contributed by atoms with Crippen molar-refractivity contribution < 1.29 is 4.21 Å². The van der Waals surface area contributed by atoms with Crippen LogP contribution < -0.4 is 4.90 Å². The number of hydrogen-bond donors (Lipinski definition) is 0. The van der Waals surface area contributed by atoms with E-state index in [4.69, 9.17) is 16.6 Å². The highest BCUT2D eigenvalue weighted by molar-refractivity contribution is 7.85. The molecule has 3 nitrogen and oxygen atoms in total. The van der Waals surface area contributed by atoms with Crippen molar-refractivity contribution in [2.24, 2.45) is 0 Å². The molecule has 106 valence electrons. The lowest BCUT2D eigenvalue weighted by molar-refractivity contribution is 0.567. The van der Waals surface area contributed by atoms with Crippen molar-refractivity contribution in [2.45, 2.75) is 32.1 Å². The maximum Gasteiger partial charge on any atom is 0.129 e. The minimum absolute atomic E-state index is 0.00935. The summed E-state index contributed by atoms with van der Waals surface area (Å²) in [6, 6.07) is 4.13. The van der Waals surface area contributed by atoms with Gasteiger partial charge >= 0.3 is 0 Å². The number of pyridine rings is 1. The lowest BCUT2D eigenvalue weighted by Gasteiger charge is -2.29. The Morgan fingerprint density at radius 2 is 1.95 bits per heavy atom. The quantitative estimate of drug-likeness (QED) is 0.787. The van der Waals surface area contributed by atoms with E-state index in [0.29, 0.717) is 5.88 Å². The molecule has 0 bridgehead atoms. The molecule has 1 aliphatic heterocycles. The van der Waals surface area contributed by atoms with Crippen molar-refractivity contribution in [1.29, 1.82) is 0 Å². The van der Waals surface area contributed by atoms with E-state index in [1.807, 2.05) is 0 Å². The standard InChI is InChI=1S/C14H21ClN2OS/c1-14(2,3)12-8-11(10-15)9-13(16-12)17-4-6-19(18)7-5-17/h8-9H,4-7,10H2,1-3H3. The molecule has 0 atom stereocenters. The molecule has 0 unspecified atom stereocenters. The van der Waals surface area contributed by atoms with Crippen LogP contribution in [-0.2, 0) is 22.1 Å². The summed E-state index contributed by atoms with van der Waals surface area (Å²) in [4.78, 5) is 6.98. The molecule has 1 fully saturated rings. The van der Waals surface area contributed by atoms with Gasteiger partial charge in [0.1, 0.15) is 5.82 Å². The number of rotatable bonds is 2. The van der Waals surface area contributed by atoms with E-state index in [0.717, 1.165) is 41.7 Å². The molecule has 2 rings (SSSR count). The fourth-order valence-electron chi connectivity index (χ4n) is 2.06. The topological polar surface area (TPSA) is 33.2 Å². The Morgan fingerprint density at radius 3 is 2.47 bits per heavy atom. The Balaban J connectivity index is 2.32. The number of halogens is 1. The second-order valence-corrected chi connectivity index (χ2v) is 7.90. The van der Waals surface area contributed by atoms with E-state index in [1.165, 1.54) is 0 Å². The van der Waals surface area contributed by atoms with Crippen LogP contribution >= 0.6 is 11.6 Å². The smallest absolute Gasteiger partial charge is 0.129 e. The predicted molar refractivity (Wildman–Crippen MR) is 82.6 cm³/mol. The monoisotopic (exact) mass is 300 g/mol. The van der Waals surface area contributed by atoms with Crippen molar-refractivity contribution in [1.82, 2.24) is 4.98 Å². The summed E-state index contributed by atoms with van der Waals surface area (Å²) in [6.45, 7) is 8.09. The Hall–Kier alpha value is -0.610. The number of aromatic nitrogens is 1. The average molecular weight is 301 g/mol. The van der Waals surface area contributed by atoms with Crippen LogP contribution in [0.3, 0.4) is 0 Å². The lowest BCUT2D eigenvalue weighted by Crippen LogP contribution is -2.38. The summed E-state index contributed by atoms with van der Waals surface area (Å²) in [6.07, 6.45) is 0. The molecule has 2 heterocycles. The molecular weight excluding hydrogens is 280 g/mol. The van der Waals surface area contributed by atoms with Gasteiger partial charge in [-0.3, -0.25) is 4.21 Å². The first kappa shape index (κ1) is 14.8. The van der Waals surface area contributed by atoms with E-state index in [9.17, 15) is 4.21 Å². The summed E-state index contributed by atoms with van der Waals surface area (Å²) >= 11 is 5.99. The van der Waals surface area contributed by atoms with Gasteiger partial charge in [-0.2, -0.15) is 0 Å². The highest BCUT2D eigenvalue weighted by atomic mass is 35.5. The first-order chi connectivity index (χ1) is 8.90. The third-order valence-electron chi connectivity index (χ3n) is 3.30. The molecule has 5 heteroatoms. The van der Waals surface area contributed by atoms with Crippen LogP contribution in [0.2, 0.25) is 0 Å². The number of nitrogens with zero attached hydrogens (tertiary/aromatic N) is 2. The van der Waals surface area contributed by atoms with Crippen molar-refractivity contribution in [3.05, 3.63) is 23.4 Å². The predicted octanol–water partition coefficient (Wildman–Crippen LogP) is 2.69. The van der Waals surface area contributed by atoms with Crippen LogP contribution in [0.15, 0.2) is 12.1 Å². The highest BCUT2D eigenvalue weighted by Crippen LogP contribution is 2.26. The van der Waals surface area contributed by atoms with E-state index >= 15 is 0 Å². The van der Waals surface area contributed by atoms with Crippen molar-refractivity contribution in [3.63, 3.8) is 0 Å². The molecule has 0 radical (unpaired) electrons. The van der Waals surface area contributed by atoms with Crippen LogP contribution in [-0.4, -0.2) is 33.8 Å². The number of alkyl halides is 1. The average Bonchev–Trinajstić information content (AvgIpc) is 2.38. The van der Waals surface area contributed by atoms with Gasteiger partial charge in [0.2, 0.25) is 0 Å². The van der Waals surface area contributed by atoms with Crippen LogP contribution in [0.5, 0.6) is 0 Å². The maximum absolute atomic E-state index is 11.4. The van der Waals surface area contributed by atoms with Gasteiger partial charge < -0.3 is 4.90 Å². The minimum Gasteiger partial charge on any atom is -0.355 e. The number of hydrogen-bond acceptors (Lipinski definition) is 3.